The highest BCUT2D eigenvalue weighted by Crippen LogP contribution is 2.60. The third-order valence-corrected chi connectivity index (χ3v) is 6.31. The molecule has 0 aromatic heterocycles. The van der Waals surface area contributed by atoms with Crippen LogP contribution >= 0.6 is 12.2 Å². The summed E-state index contributed by atoms with van der Waals surface area (Å²) in [5.41, 5.74) is 0.595. The van der Waals surface area contributed by atoms with E-state index in [1.165, 1.54) is 19.3 Å². The van der Waals surface area contributed by atoms with Crippen LogP contribution in [0.5, 0.6) is 5.75 Å². The van der Waals surface area contributed by atoms with Crippen molar-refractivity contribution in [1.29, 1.82) is 0 Å². The van der Waals surface area contributed by atoms with Crippen molar-refractivity contribution in [3.63, 3.8) is 0 Å². The smallest absolute Gasteiger partial charge is 0.232 e. The van der Waals surface area contributed by atoms with Gasteiger partial charge < -0.3 is 15.4 Å². The maximum atomic E-state index is 13.0. The molecule has 4 nitrogen and oxygen atoms in total. The Morgan fingerprint density at radius 2 is 1.71 bits per heavy atom. The van der Waals surface area contributed by atoms with Crippen molar-refractivity contribution in [2.24, 2.45) is 23.2 Å². The lowest BCUT2D eigenvalue weighted by molar-refractivity contribution is -0.144. The number of methoxy groups -OCH3 is 1. The number of thiocarbonyl (C=S) groups is 1. The van der Waals surface area contributed by atoms with Crippen LogP contribution in [-0.4, -0.2) is 18.1 Å². The highest BCUT2D eigenvalue weighted by atomic mass is 32.1. The zero-order valence-corrected chi connectivity index (χ0v) is 14.8. The molecule has 1 aromatic carbocycles. The summed E-state index contributed by atoms with van der Waals surface area (Å²) in [7, 11) is 1.62. The predicted octanol–water partition coefficient (Wildman–Crippen LogP) is 3.72. The summed E-state index contributed by atoms with van der Waals surface area (Å²) in [6, 6.07) is 7.57. The third-order valence-electron chi connectivity index (χ3n) is 6.10. The van der Waals surface area contributed by atoms with Crippen LogP contribution in [0.1, 0.15) is 38.5 Å². The van der Waals surface area contributed by atoms with Gasteiger partial charge in [0, 0.05) is 0 Å². The Labute approximate surface area is 148 Å². The van der Waals surface area contributed by atoms with E-state index in [-0.39, 0.29) is 11.3 Å². The van der Waals surface area contributed by atoms with E-state index in [9.17, 15) is 4.79 Å². The number of benzene rings is 1. The molecule has 0 saturated heterocycles. The first-order valence-electron chi connectivity index (χ1n) is 8.83. The number of anilines is 1. The van der Waals surface area contributed by atoms with Crippen LogP contribution in [0, 0.1) is 23.2 Å². The summed E-state index contributed by atoms with van der Waals surface area (Å²) in [5, 5.41) is 6.42. The van der Waals surface area contributed by atoms with E-state index < -0.39 is 0 Å². The van der Waals surface area contributed by atoms with Gasteiger partial charge in [-0.05, 0) is 80.6 Å². The summed E-state index contributed by atoms with van der Waals surface area (Å²) in [6.07, 6.45) is 7.12. The van der Waals surface area contributed by atoms with Crippen LogP contribution in [0.3, 0.4) is 0 Å². The molecule has 4 saturated carbocycles. The normalized spacial score (nSPS) is 33.1. The van der Waals surface area contributed by atoms with Gasteiger partial charge in [0.05, 0.1) is 18.2 Å². The lowest BCUT2D eigenvalue weighted by Crippen LogP contribution is -2.55. The van der Waals surface area contributed by atoms with Gasteiger partial charge >= 0.3 is 0 Å². The zero-order valence-electron chi connectivity index (χ0n) is 14.0. The van der Waals surface area contributed by atoms with E-state index in [1.807, 2.05) is 24.3 Å². The third kappa shape index (κ3) is 2.79. The molecule has 5 heteroatoms. The Bertz CT molecular complexity index is 638. The highest BCUT2D eigenvalue weighted by molar-refractivity contribution is 7.80. The highest BCUT2D eigenvalue weighted by Gasteiger charge is 2.54. The Morgan fingerprint density at radius 3 is 2.29 bits per heavy atom. The maximum Gasteiger partial charge on any atom is 0.232 e. The van der Waals surface area contributed by atoms with Crippen molar-refractivity contribution in [3.8, 4) is 5.75 Å². The Kier molecular flexibility index (Phi) is 3.99. The van der Waals surface area contributed by atoms with Gasteiger partial charge in [-0.3, -0.25) is 4.79 Å². The number of amides is 1. The zero-order chi connectivity index (χ0) is 16.7. The van der Waals surface area contributed by atoms with Gasteiger partial charge in [-0.1, -0.05) is 12.1 Å². The first kappa shape index (κ1) is 15.9. The van der Waals surface area contributed by atoms with Crippen LogP contribution in [0.25, 0.3) is 0 Å². The summed E-state index contributed by atoms with van der Waals surface area (Å²) in [5.74, 6) is 3.08. The molecule has 2 N–H and O–H groups in total. The Morgan fingerprint density at radius 1 is 1.12 bits per heavy atom. The molecule has 4 bridgehead atoms. The van der Waals surface area contributed by atoms with E-state index in [2.05, 4.69) is 10.6 Å². The molecule has 1 amide bonds. The SMILES string of the molecule is COc1ccccc1NC(=S)NC(=O)C12CC3CC(CC(C3)C1)C2. The Balaban J connectivity index is 1.43. The molecule has 0 aliphatic heterocycles. The van der Waals surface area contributed by atoms with E-state index in [1.54, 1.807) is 7.11 Å². The van der Waals surface area contributed by atoms with Gasteiger partial charge in [-0.15, -0.1) is 0 Å². The molecular formula is C19H24N2O2S. The van der Waals surface area contributed by atoms with Gasteiger partial charge in [0.1, 0.15) is 5.75 Å². The van der Waals surface area contributed by atoms with Gasteiger partial charge in [-0.25, -0.2) is 0 Å². The number of rotatable bonds is 3. The number of ether oxygens (including phenoxy) is 1. The minimum Gasteiger partial charge on any atom is -0.495 e. The average molecular weight is 344 g/mol. The van der Waals surface area contributed by atoms with Crippen LogP contribution in [0.4, 0.5) is 5.69 Å². The largest absolute Gasteiger partial charge is 0.495 e. The molecule has 0 unspecified atom stereocenters. The van der Waals surface area contributed by atoms with Crippen LogP contribution in [0.15, 0.2) is 24.3 Å². The van der Waals surface area contributed by atoms with Gasteiger partial charge in [0.15, 0.2) is 5.11 Å². The molecule has 4 aliphatic carbocycles. The standard InChI is InChI=1S/C19H24N2O2S/c1-23-16-5-3-2-4-15(16)20-18(24)21-17(22)19-9-12-6-13(10-19)8-14(7-12)11-19/h2-5,12-14H,6-11H2,1H3,(H2,20,21,22,24). The minimum atomic E-state index is -0.179. The van der Waals surface area contributed by atoms with E-state index in [0.29, 0.717) is 10.9 Å². The van der Waals surface area contributed by atoms with Crippen LogP contribution in [0.2, 0.25) is 0 Å². The Hall–Kier alpha value is -1.62. The molecule has 128 valence electrons. The second-order valence-corrected chi connectivity index (χ2v) is 8.21. The first-order chi connectivity index (χ1) is 11.6. The molecule has 4 aliphatic rings. The number of nitrogens with one attached hydrogen (secondary N) is 2. The number of hydrogen-bond donors (Lipinski definition) is 2. The lowest BCUT2D eigenvalue weighted by atomic mass is 9.49. The number of hydrogen-bond acceptors (Lipinski definition) is 3. The van der Waals surface area contributed by atoms with Gasteiger partial charge in [-0.2, -0.15) is 0 Å². The second-order valence-electron chi connectivity index (χ2n) is 7.81. The number of carbonyl (C=O) groups excluding carboxylic acids is 1. The molecule has 5 rings (SSSR count). The molecular weight excluding hydrogens is 320 g/mol. The van der Waals surface area contributed by atoms with Crippen molar-refractivity contribution in [3.05, 3.63) is 24.3 Å². The summed E-state index contributed by atoms with van der Waals surface area (Å²) in [4.78, 5) is 13.0. The topological polar surface area (TPSA) is 50.4 Å². The van der Waals surface area contributed by atoms with Gasteiger partial charge in [0.25, 0.3) is 0 Å². The number of carbonyl (C=O) groups is 1. The molecule has 0 heterocycles. The van der Waals surface area contributed by atoms with Crippen molar-refractivity contribution >= 4 is 28.9 Å². The van der Waals surface area contributed by atoms with Crippen molar-refractivity contribution < 1.29 is 9.53 Å². The van der Waals surface area contributed by atoms with E-state index in [0.717, 1.165) is 42.7 Å². The lowest BCUT2D eigenvalue weighted by Gasteiger charge is -2.55. The number of para-hydroxylation sites is 2. The van der Waals surface area contributed by atoms with Gasteiger partial charge in [0.2, 0.25) is 5.91 Å². The molecule has 1 aromatic rings. The van der Waals surface area contributed by atoms with Crippen LogP contribution < -0.4 is 15.4 Å². The fraction of sp³-hybridized carbons (Fsp3) is 0.579. The van der Waals surface area contributed by atoms with E-state index in [4.69, 9.17) is 17.0 Å². The second kappa shape index (κ2) is 6.03. The predicted molar refractivity (Wildman–Crippen MR) is 98.0 cm³/mol. The van der Waals surface area contributed by atoms with Crippen LogP contribution in [-0.2, 0) is 4.79 Å². The fourth-order valence-corrected chi connectivity index (χ4v) is 5.73. The molecule has 0 atom stereocenters. The first-order valence-corrected chi connectivity index (χ1v) is 9.24. The summed E-state index contributed by atoms with van der Waals surface area (Å²) < 4.78 is 5.32. The van der Waals surface area contributed by atoms with Crippen molar-refractivity contribution in [2.75, 3.05) is 12.4 Å². The summed E-state index contributed by atoms with van der Waals surface area (Å²) >= 11 is 5.38. The maximum absolute atomic E-state index is 13.0. The fourth-order valence-electron chi connectivity index (χ4n) is 5.53. The summed E-state index contributed by atoms with van der Waals surface area (Å²) in [6.45, 7) is 0. The molecule has 0 radical (unpaired) electrons. The monoisotopic (exact) mass is 344 g/mol. The van der Waals surface area contributed by atoms with Crippen molar-refractivity contribution in [1.82, 2.24) is 5.32 Å². The quantitative estimate of drug-likeness (QED) is 0.821. The minimum absolute atomic E-state index is 0.119. The molecule has 0 spiro atoms. The molecule has 24 heavy (non-hydrogen) atoms. The van der Waals surface area contributed by atoms with E-state index >= 15 is 0 Å². The van der Waals surface area contributed by atoms with Crippen molar-refractivity contribution in [2.45, 2.75) is 38.5 Å². The average Bonchev–Trinajstić information content (AvgIpc) is 2.54. The molecule has 4 fully saturated rings.